The number of carbonyl (C=O) groups excluding carboxylic acids is 1. The predicted molar refractivity (Wildman–Crippen MR) is 86.2 cm³/mol. The number of nitrogens with zero attached hydrogens (tertiary/aromatic N) is 2. The summed E-state index contributed by atoms with van der Waals surface area (Å²) in [6.07, 6.45) is 7.67. The first-order chi connectivity index (χ1) is 10.6. The minimum atomic E-state index is -0.432. The van der Waals surface area contributed by atoms with Gasteiger partial charge in [-0.05, 0) is 47.7 Å². The van der Waals surface area contributed by atoms with Crippen molar-refractivity contribution in [1.82, 2.24) is 4.98 Å². The Labute approximate surface area is 128 Å². The molecule has 0 radical (unpaired) electrons. The monoisotopic (exact) mass is 292 g/mol. The molecule has 1 heterocycles. The van der Waals surface area contributed by atoms with Crippen molar-refractivity contribution in [2.75, 3.05) is 0 Å². The van der Waals surface area contributed by atoms with Crippen molar-refractivity contribution in [1.29, 1.82) is 0 Å². The third-order valence-electron chi connectivity index (χ3n) is 3.61. The first-order valence-electron chi connectivity index (χ1n) is 7.03. The molecule has 0 aliphatic heterocycles. The van der Waals surface area contributed by atoms with Gasteiger partial charge in [0.15, 0.2) is 5.96 Å². The standard InChI is InChI=1S/C17H16N4O/c18-17(19)21-16(22)12-7-6-11-3-1-5-14(15(11)9-12)13-4-2-8-20-10-13/h2,4-10H,1,3H2,(H4,18,19,21,22). The van der Waals surface area contributed by atoms with Crippen LogP contribution in [0, 0.1) is 0 Å². The van der Waals surface area contributed by atoms with Gasteiger partial charge in [-0.1, -0.05) is 18.2 Å². The summed E-state index contributed by atoms with van der Waals surface area (Å²) in [5.74, 6) is -0.662. The van der Waals surface area contributed by atoms with E-state index in [1.54, 1.807) is 12.3 Å². The number of aryl methyl sites for hydroxylation is 1. The van der Waals surface area contributed by atoms with E-state index in [0.29, 0.717) is 5.56 Å². The Balaban J connectivity index is 2.06. The summed E-state index contributed by atoms with van der Waals surface area (Å²) in [7, 11) is 0. The second-order valence-electron chi connectivity index (χ2n) is 5.11. The van der Waals surface area contributed by atoms with Gasteiger partial charge in [-0.3, -0.25) is 9.78 Å². The van der Waals surface area contributed by atoms with E-state index in [1.165, 1.54) is 5.56 Å². The number of fused-ring (bicyclic) bond motifs is 1. The maximum atomic E-state index is 12.0. The number of guanidine groups is 1. The van der Waals surface area contributed by atoms with E-state index in [0.717, 1.165) is 29.5 Å². The van der Waals surface area contributed by atoms with Crippen molar-refractivity contribution in [3.63, 3.8) is 0 Å². The van der Waals surface area contributed by atoms with Crippen LogP contribution in [0.3, 0.4) is 0 Å². The summed E-state index contributed by atoms with van der Waals surface area (Å²) in [5.41, 5.74) is 15.4. The van der Waals surface area contributed by atoms with Crippen LogP contribution in [0.2, 0.25) is 0 Å². The third-order valence-corrected chi connectivity index (χ3v) is 3.61. The quantitative estimate of drug-likeness (QED) is 0.652. The molecule has 0 saturated heterocycles. The van der Waals surface area contributed by atoms with Crippen LogP contribution in [-0.2, 0) is 6.42 Å². The van der Waals surface area contributed by atoms with E-state index < -0.39 is 5.91 Å². The van der Waals surface area contributed by atoms with Gasteiger partial charge in [0, 0.05) is 23.5 Å². The minimum absolute atomic E-state index is 0.231. The molecular weight excluding hydrogens is 276 g/mol. The van der Waals surface area contributed by atoms with Gasteiger partial charge in [0.1, 0.15) is 0 Å². The van der Waals surface area contributed by atoms with E-state index >= 15 is 0 Å². The van der Waals surface area contributed by atoms with Crippen molar-refractivity contribution in [3.05, 3.63) is 71.1 Å². The number of amides is 1. The fourth-order valence-electron chi connectivity index (χ4n) is 2.64. The van der Waals surface area contributed by atoms with Crippen molar-refractivity contribution in [3.8, 4) is 0 Å². The number of hydrogen-bond acceptors (Lipinski definition) is 2. The number of aliphatic imine (C=N–C) groups is 1. The Morgan fingerprint density at radius 1 is 1.23 bits per heavy atom. The van der Waals surface area contributed by atoms with Crippen LogP contribution in [0.1, 0.15) is 33.5 Å². The molecule has 0 saturated carbocycles. The van der Waals surface area contributed by atoms with Gasteiger partial charge in [-0.2, -0.15) is 4.99 Å². The molecule has 0 atom stereocenters. The fraction of sp³-hybridized carbons (Fsp3) is 0.118. The third kappa shape index (κ3) is 2.74. The number of aromatic nitrogens is 1. The Morgan fingerprint density at radius 3 is 2.82 bits per heavy atom. The van der Waals surface area contributed by atoms with Gasteiger partial charge in [-0.15, -0.1) is 0 Å². The van der Waals surface area contributed by atoms with Gasteiger partial charge >= 0.3 is 0 Å². The highest BCUT2D eigenvalue weighted by molar-refractivity contribution is 6.02. The number of allylic oxidation sites excluding steroid dienone is 1. The Kier molecular flexibility index (Phi) is 3.70. The lowest BCUT2D eigenvalue weighted by Gasteiger charge is -2.18. The van der Waals surface area contributed by atoms with Gasteiger partial charge in [0.05, 0.1) is 0 Å². The number of pyridine rings is 1. The zero-order valence-corrected chi connectivity index (χ0v) is 12.0. The molecule has 0 bridgehead atoms. The normalized spacial score (nSPS) is 13.0. The highest BCUT2D eigenvalue weighted by Gasteiger charge is 2.16. The number of hydrogen-bond donors (Lipinski definition) is 2. The Bertz CT molecular complexity index is 775. The van der Waals surface area contributed by atoms with E-state index in [-0.39, 0.29) is 5.96 Å². The minimum Gasteiger partial charge on any atom is -0.370 e. The van der Waals surface area contributed by atoms with Crippen molar-refractivity contribution in [2.45, 2.75) is 12.8 Å². The van der Waals surface area contributed by atoms with Gasteiger partial charge < -0.3 is 11.5 Å². The molecule has 1 aliphatic carbocycles. The molecule has 0 fully saturated rings. The fourth-order valence-corrected chi connectivity index (χ4v) is 2.64. The summed E-state index contributed by atoms with van der Waals surface area (Å²) in [6, 6.07) is 9.49. The second-order valence-corrected chi connectivity index (χ2v) is 5.11. The van der Waals surface area contributed by atoms with Crippen molar-refractivity contribution < 1.29 is 4.79 Å². The molecule has 4 N–H and O–H groups in total. The van der Waals surface area contributed by atoms with Gasteiger partial charge in [0.25, 0.3) is 5.91 Å². The van der Waals surface area contributed by atoms with Crippen LogP contribution in [0.25, 0.3) is 5.57 Å². The number of benzene rings is 1. The van der Waals surface area contributed by atoms with Gasteiger partial charge in [0.2, 0.25) is 0 Å². The molecular formula is C17H16N4O. The lowest BCUT2D eigenvalue weighted by molar-refractivity contribution is 0.100. The maximum Gasteiger partial charge on any atom is 0.280 e. The van der Waals surface area contributed by atoms with Crippen LogP contribution in [0.15, 0.2) is 53.8 Å². The molecule has 2 aromatic rings. The lowest BCUT2D eigenvalue weighted by Crippen LogP contribution is -2.24. The summed E-state index contributed by atoms with van der Waals surface area (Å²) in [5, 5.41) is 0. The largest absolute Gasteiger partial charge is 0.370 e. The molecule has 22 heavy (non-hydrogen) atoms. The maximum absolute atomic E-state index is 12.0. The average molecular weight is 292 g/mol. The molecule has 110 valence electrons. The Hall–Kier alpha value is -2.95. The smallest absolute Gasteiger partial charge is 0.280 e. The summed E-state index contributed by atoms with van der Waals surface area (Å²) in [6.45, 7) is 0. The van der Waals surface area contributed by atoms with Crippen LogP contribution >= 0.6 is 0 Å². The number of carbonyl (C=O) groups is 1. The molecule has 5 heteroatoms. The Morgan fingerprint density at radius 2 is 2.09 bits per heavy atom. The van der Waals surface area contributed by atoms with E-state index in [4.69, 9.17) is 11.5 Å². The lowest BCUT2D eigenvalue weighted by atomic mass is 9.86. The van der Waals surface area contributed by atoms with Crippen LogP contribution in [0.5, 0.6) is 0 Å². The topological polar surface area (TPSA) is 94.4 Å². The molecule has 1 aromatic heterocycles. The van der Waals surface area contributed by atoms with Crippen LogP contribution in [-0.4, -0.2) is 16.9 Å². The number of nitrogens with two attached hydrogens (primary N) is 2. The molecule has 3 rings (SSSR count). The SMILES string of the molecule is NC(N)=NC(=O)c1ccc2c(c1)C(c1cccnc1)=CCC2. The molecule has 5 nitrogen and oxygen atoms in total. The molecule has 0 unspecified atom stereocenters. The van der Waals surface area contributed by atoms with E-state index in [1.807, 2.05) is 30.5 Å². The van der Waals surface area contributed by atoms with Crippen LogP contribution < -0.4 is 11.5 Å². The first kappa shape index (κ1) is 14.0. The summed E-state index contributed by atoms with van der Waals surface area (Å²) >= 11 is 0. The molecule has 0 spiro atoms. The molecule has 1 aliphatic rings. The average Bonchev–Trinajstić information content (AvgIpc) is 2.54. The number of rotatable bonds is 2. The zero-order chi connectivity index (χ0) is 15.5. The summed E-state index contributed by atoms with van der Waals surface area (Å²) in [4.78, 5) is 19.8. The molecule has 1 aromatic carbocycles. The highest BCUT2D eigenvalue weighted by Crippen LogP contribution is 2.32. The van der Waals surface area contributed by atoms with Crippen molar-refractivity contribution in [2.24, 2.45) is 16.5 Å². The highest BCUT2D eigenvalue weighted by atomic mass is 16.1. The van der Waals surface area contributed by atoms with E-state index in [9.17, 15) is 4.79 Å². The predicted octanol–water partition coefficient (Wildman–Crippen LogP) is 1.87. The van der Waals surface area contributed by atoms with Gasteiger partial charge in [-0.25, -0.2) is 0 Å². The van der Waals surface area contributed by atoms with E-state index in [2.05, 4.69) is 16.1 Å². The second kappa shape index (κ2) is 5.81. The van der Waals surface area contributed by atoms with Crippen molar-refractivity contribution >= 4 is 17.4 Å². The van der Waals surface area contributed by atoms with Crippen LogP contribution in [0.4, 0.5) is 0 Å². The summed E-state index contributed by atoms with van der Waals surface area (Å²) < 4.78 is 0. The first-order valence-corrected chi connectivity index (χ1v) is 7.03. The zero-order valence-electron chi connectivity index (χ0n) is 12.0. The molecule has 1 amide bonds.